The van der Waals surface area contributed by atoms with Crippen molar-refractivity contribution in [3.8, 4) is 11.5 Å². The Balaban J connectivity index is 1.85. The Morgan fingerprint density at radius 3 is 2.29 bits per heavy atom. The molecular weight excluding hydrogens is 432 g/mol. The maximum atomic E-state index is 10.8. The molecule has 0 heterocycles. The summed E-state index contributed by atoms with van der Waals surface area (Å²) in [5.74, 6) is 1.14. The van der Waals surface area contributed by atoms with Crippen LogP contribution in [0, 0.1) is 0 Å². The van der Waals surface area contributed by atoms with Crippen LogP contribution in [0.25, 0.3) is 10.8 Å². The molecule has 0 aliphatic heterocycles. The molecule has 0 aliphatic rings. The van der Waals surface area contributed by atoms with E-state index in [1.54, 1.807) is 24.9 Å². The second kappa shape index (κ2) is 8.29. The molecule has 2 nitrogen and oxygen atoms in total. The third kappa shape index (κ3) is 3.89. The zero-order valence-electron chi connectivity index (χ0n) is 15.3. The molecule has 0 radical (unpaired) electrons. The highest BCUT2D eigenvalue weighted by molar-refractivity contribution is 9.10. The lowest BCUT2D eigenvalue weighted by molar-refractivity contribution is 0.414. The fraction of sp³-hybridized carbons (Fsp3) is 0.0833. The molecule has 0 saturated heterocycles. The number of aromatic hydroxyl groups is 1. The second-order valence-corrected chi connectivity index (χ2v) is 8.54. The molecule has 0 saturated carbocycles. The van der Waals surface area contributed by atoms with E-state index in [0.717, 1.165) is 37.0 Å². The molecule has 140 valence electrons. The van der Waals surface area contributed by atoms with E-state index in [9.17, 15) is 5.11 Å². The number of thioether (sulfide) groups is 1. The highest BCUT2D eigenvalue weighted by Gasteiger charge is 2.22. The van der Waals surface area contributed by atoms with Crippen LogP contribution in [0.3, 0.4) is 0 Å². The molecule has 0 spiro atoms. The summed E-state index contributed by atoms with van der Waals surface area (Å²) >= 11 is 5.24. The van der Waals surface area contributed by atoms with Crippen molar-refractivity contribution in [2.75, 3.05) is 7.11 Å². The first-order chi connectivity index (χ1) is 13.7. The standard InChI is InChI=1S/C24H19BrO2S/c1-27-19-11-13-20(14-12-19)28-24(17-6-9-18(25)10-7-17)23-21-5-3-2-4-16(21)8-15-22(23)26/h2-15,24,26H,1H3. The fourth-order valence-corrected chi connectivity index (χ4v) is 4.77. The summed E-state index contributed by atoms with van der Waals surface area (Å²) in [7, 11) is 1.67. The summed E-state index contributed by atoms with van der Waals surface area (Å²) in [6, 6.07) is 28.3. The number of hydrogen-bond acceptors (Lipinski definition) is 3. The van der Waals surface area contributed by atoms with Crippen LogP contribution in [0.15, 0.2) is 94.3 Å². The van der Waals surface area contributed by atoms with Gasteiger partial charge in [0.15, 0.2) is 0 Å². The van der Waals surface area contributed by atoms with Crippen LogP contribution in [0.5, 0.6) is 11.5 Å². The van der Waals surface area contributed by atoms with Crippen LogP contribution in [-0.2, 0) is 0 Å². The van der Waals surface area contributed by atoms with E-state index in [1.165, 1.54) is 0 Å². The normalized spacial score (nSPS) is 12.1. The highest BCUT2D eigenvalue weighted by Crippen LogP contribution is 2.46. The van der Waals surface area contributed by atoms with Crippen molar-refractivity contribution in [2.24, 2.45) is 0 Å². The molecule has 28 heavy (non-hydrogen) atoms. The predicted molar refractivity (Wildman–Crippen MR) is 120 cm³/mol. The maximum absolute atomic E-state index is 10.8. The number of hydrogen-bond donors (Lipinski definition) is 1. The van der Waals surface area contributed by atoms with Gasteiger partial charge in [-0.1, -0.05) is 58.4 Å². The van der Waals surface area contributed by atoms with Gasteiger partial charge >= 0.3 is 0 Å². The lowest BCUT2D eigenvalue weighted by Crippen LogP contribution is -1.99. The van der Waals surface area contributed by atoms with E-state index in [2.05, 4.69) is 52.3 Å². The van der Waals surface area contributed by atoms with Crippen molar-refractivity contribution in [1.82, 2.24) is 0 Å². The molecule has 0 aromatic heterocycles. The van der Waals surface area contributed by atoms with Crippen LogP contribution in [0.2, 0.25) is 0 Å². The summed E-state index contributed by atoms with van der Waals surface area (Å²) in [6.07, 6.45) is 0. The van der Waals surface area contributed by atoms with Gasteiger partial charge in [0.1, 0.15) is 11.5 Å². The van der Waals surface area contributed by atoms with Gasteiger partial charge in [-0.2, -0.15) is 0 Å². The number of fused-ring (bicyclic) bond motifs is 1. The van der Waals surface area contributed by atoms with Crippen LogP contribution >= 0.6 is 27.7 Å². The quantitative estimate of drug-likeness (QED) is 0.326. The molecule has 1 N–H and O–H groups in total. The number of phenolic OH excluding ortho intramolecular Hbond substituents is 1. The first-order valence-electron chi connectivity index (χ1n) is 8.92. The molecule has 0 amide bonds. The van der Waals surface area contributed by atoms with Crippen LogP contribution < -0.4 is 4.74 Å². The molecule has 0 bridgehead atoms. The van der Waals surface area contributed by atoms with Gasteiger partial charge in [0.25, 0.3) is 0 Å². The van der Waals surface area contributed by atoms with Gasteiger partial charge in [0, 0.05) is 14.9 Å². The topological polar surface area (TPSA) is 29.5 Å². The Labute approximate surface area is 177 Å². The van der Waals surface area contributed by atoms with Crippen molar-refractivity contribution < 1.29 is 9.84 Å². The van der Waals surface area contributed by atoms with Gasteiger partial charge in [-0.15, -0.1) is 11.8 Å². The minimum absolute atomic E-state index is 0.0485. The third-order valence-electron chi connectivity index (χ3n) is 4.70. The van der Waals surface area contributed by atoms with Gasteiger partial charge in [-0.3, -0.25) is 0 Å². The summed E-state index contributed by atoms with van der Waals surface area (Å²) in [5, 5.41) is 12.9. The first-order valence-corrected chi connectivity index (χ1v) is 10.6. The van der Waals surface area contributed by atoms with E-state index < -0.39 is 0 Å². The van der Waals surface area contributed by atoms with Crippen molar-refractivity contribution in [1.29, 1.82) is 0 Å². The molecule has 0 aliphatic carbocycles. The molecule has 1 atom stereocenters. The Hall–Kier alpha value is -2.43. The van der Waals surface area contributed by atoms with Crippen LogP contribution in [0.1, 0.15) is 16.4 Å². The molecule has 1 unspecified atom stereocenters. The predicted octanol–water partition coefficient (Wildman–Crippen LogP) is 7.20. The Bertz CT molecular complexity index is 1090. The first kappa shape index (κ1) is 18.9. The third-order valence-corrected chi connectivity index (χ3v) is 6.51. The molecule has 0 fully saturated rings. The monoisotopic (exact) mass is 450 g/mol. The number of benzene rings is 4. The SMILES string of the molecule is COc1ccc(SC(c2ccc(Br)cc2)c2c(O)ccc3ccccc23)cc1. The van der Waals surface area contributed by atoms with Gasteiger partial charge in [-0.05, 0) is 58.8 Å². The lowest BCUT2D eigenvalue weighted by atomic mass is 9.97. The number of halogens is 1. The summed E-state index contributed by atoms with van der Waals surface area (Å²) < 4.78 is 6.31. The Kier molecular flexibility index (Phi) is 5.60. The van der Waals surface area contributed by atoms with E-state index in [-0.39, 0.29) is 5.25 Å². The Morgan fingerprint density at radius 1 is 0.857 bits per heavy atom. The average molecular weight is 451 g/mol. The minimum atomic E-state index is -0.0485. The number of ether oxygens (including phenoxy) is 1. The highest BCUT2D eigenvalue weighted by atomic mass is 79.9. The lowest BCUT2D eigenvalue weighted by Gasteiger charge is -2.21. The molecular formula is C24H19BrO2S. The number of phenols is 1. The maximum Gasteiger partial charge on any atom is 0.120 e. The smallest absolute Gasteiger partial charge is 0.120 e. The van der Waals surface area contributed by atoms with Crippen LogP contribution in [0.4, 0.5) is 0 Å². The van der Waals surface area contributed by atoms with E-state index in [4.69, 9.17) is 4.74 Å². The van der Waals surface area contributed by atoms with Gasteiger partial charge in [0.2, 0.25) is 0 Å². The summed E-state index contributed by atoms with van der Waals surface area (Å²) in [5.41, 5.74) is 2.07. The zero-order chi connectivity index (χ0) is 19.5. The van der Waals surface area contributed by atoms with Crippen molar-refractivity contribution in [2.45, 2.75) is 10.1 Å². The molecule has 4 aromatic carbocycles. The summed E-state index contributed by atoms with van der Waals surface area (Å²) in [6.45, 7) is 0. The number of methoxy groups -OCH3 is 1. The minimum Gasteiger partial charge on any atom is -0.508 e. The molecule has 4 rings (SSSR count). The van der Waals surface area contributed by atoms with Crippen molar-refractivity contribution in [3.63, 3.8) is 0 Å². The second-order valence-electron chi connectivity index (χ2n) is 6.44. The van der Waals surface area contributed by atoms with Gasteiger partial charge in [0.05, 0.1) is 12.4 Å². The van der Waals surface area contributed by atoms with E-state index in [0.29, 0.717) is 5.75 Å². The zero-order valence-corrected chi connectivity index (χ0v) is 17.7. The van der Waals surface area contributed by atoms with E-state index in [1.807, 2.05) is 42.5 Å². The Morgan fingerprint density at radius 2 is 1.57 bits per heavy atom. The average Bonchev–Trinajstić information content (AvgIpc) is 2.73. The number of rotatable bonds is 5. The molecule has 4 aromatic rings. The van der Waals surface area contributed by atoms with Gasteiger partial charge in [-0.25, -0.2) is 0 Å². The summed E-state index contributed by atoms with van der Waals surface area (Å²) in [4.78, 5) is 1.11. The van der Waals surface area contributed by atoms with Crippen molar-refractivity contribution in [3.05, 3.63) is 101 Å². The van der Waals surface area contributed by atoms with Crippen molar-refractivity contribution >= 4 is 38.5 Å². The van der Waals surface area contributed by atoms with Gasteiger partial charge < -0.3 is 9.84 Å². The fourth-order valence-electron chi connectivity index (χ4n) is 3.28. The van der Waals surface area contributed by atoms with E-state index >= 15 is 0 Å². The largest absolute Gasteiger partial charge is 0.508 e. The van der Waals surface area contributed by atoms with Crippen LogP contribution in [-0.4, -0.2) is 12.2 Å². The molecule has 4 heteroatoms.